The normalized spacial score (nSPS) is 18.6. The van der Waals surface area contributed by atoms with Crippen LogP contribution in [-0.2, 0) is 27.3 Å². The number of carbonyl (C=O) groups is 4. The van der Waals surface area contributed by atoms with Gasteiger partial charge in [0.05, 0.1) is 5.69 Å². The van der Waals surface area contributed by atoms with E-state index >= 15 is 0 Å². The molecule has 0 saturated heterocycles. The summed E-state index contributed by atoms with van der Waals surface area (Å²) in [6.07, 6.45) is 3.11. The second-order valence-corrected chi connectivity index (χ2v) is 9.62. The molecule has 2 aromatic carbocycles. The van der Waals surface area contributed by atoms with Gasteiger partial charge in [-0.2, -0.15) is 0 Å². The number of anilines is 2. The molecule has 0 unspecified atom stereocenters. The van der Waals surface area contributed by atoms with Crippen LogP contribution in [0, 0.1) is 11.7 Å². The fourth-order valence-electron chi connectivity index (χ4n) is 4.81. The third-order valence-corrected chi connectivity index (χ3v) is 6.83. The van der Waals surface area contributed by atoms with E-state index in [1.165, 1.54) is 12.1 Å². The summed E-state index contributed by atoms with van der Waals surface area (Å²) in [7, 11) is 0. The Morgan fingerprint density at radius 2 is 1.76 bits per heavy atom. The van der Waals surface area contributed by atoms with Crippen molar-refractivity contribution < 1.29 is 33.4 Å². The van der Waals surface area contributed by atoms with Gasteiger partial charge in [-0.3, -0.25) is 9.59 Å². The van der Waals surface area contributed by atoms with E-state index in [0.717, 1.165) is 24.0 Å². The number of nitrogens with zero attached hydrogens (tertiary/aromatic N) is 1. The molecular weight excluding hydrogens is 495 g/mol. The fraction of sp³-hybridized carbons (Fsp3) is 0.407. The van der Waals surface area contributed by atoms with Crippen LogP contribution in [0.15, 0.2) is 42.5 Å². The first-order valence-corrected chi connectivity index (χ1v) is 12.6. The number of para-hydroxylation sites is 1. The van der Waals surface area contributed by atoms with Gasteiger partial charge in [-0.1, -0.05) is 18.2 Å². The van der Waals surface area contributed by atoms with E-state index in [-0.39, 0.29) is 42.7 Å². The van der Waals surface area contributed by atoms with E-state index in [2.05, 4.69) is 16.0 Å². The minimum absolute atomic E-state index is 0.0897. The van der Waals surface area contributed by atoms with E-state index in [0.29, 0.717) is 38.0 Å². The van der Waals surface area contributed by atoms with Gasteiger partial charge in [-0.05, 0) is 73.4 Å². The molecule has 2 aromatic rings. The smallest absolute Gasteiger partial charge is 0.410 e. The molecule has 0 aromatic heterocycles. The number of hydrogen-bond acceptors (Lipinski definition) is 5. The Labute approximate surface area is 219 Å². The molecule has 11 heteroatoms. The molecule has 4 rings (SSSR count). The molecule has 1 saturated carbocycles. The van der Waals surface area contributed by atoms with Gasteiger partial charge in [0.2, 0.25) is 5.91 Å². The SMILES string of the molecule is O=C(O)CNC(=O)CC1CCC(OC(=O)N2CCc3cc(NC(=O)Nc4ccccc4F)ccc3C2)CC1. The Morgan fingerprint density at radius 3 is 2.50 bits per heavy atom. The van der Waals surface area contributed by atoms with Crippen molar-refractivity contribution in [2.45, 2.75) is 51.2 Å². The lowest BCUT2D eigenvalue weighted by atomic mass is 9.85. The minimum atomic E-state index is -1.07. The molecule has 1 aliphatic heterocycles. The molecule has 1 heterocycles. The number of rotatable bonds is 7. The number of ether oxygens (including phenoxy) is 1. The maximum atomic E-state index is 13.8. The Morgan fingerprint density at radius 1 is 1.00 bits per heavy atom. The number of benzene rings is 2. The molecule has 0 radical (unpaired) electrons. The van der Waals surface area contributed by atoms with E-state index in [4.69, 9.17) is 9.84 Å². The molecule has 0 spiro atoms. The second-order valence-electron chi connectivity index (χ2n) is 9.62. The van der Waals surface area contributed by atoms with E-state index in [1.54, 1.807) is 23.1 Å². The van der Waals surface area contributed by atoms with Crippen molar-refractivity contribution in [1.82, 2.24) is 10.2 Å². The standard InChI is InChI=1S/C27H31FN4O6/c28-22-3-1-2-4-23(22)31-26(36)30-20-8-7-19-16-32(12-11-18(19)14-20)27(37)38-21-9-5-17(6-10-21)13-24(33)29-15-25(34)35/h1-4,7-8,14,17,21H,5-6,9-13,15-16H2,(H,29,33)(H,34,35)(H2,30,31,36). The summed E-state index contributed by atoms with van der Waals surface area (Å²) in [6.45, 7) is 0.498. The fourth-order valence-corrected chi connectivity index (χ4v) is 4.81. The zero-order chi connectivity index (χ0) is 27.1. The molecule has 2 aliphatic rings. The van der Waals surface area contributed by atoms with E-state index in [9.17, 15) is 23.6 Å². The first kappa shape index (κ1) is 26.9. The molecule has 10 nitrogen and oxygen atoms in total. The number of fused-ring (bicyclic) bond motifs is 1. The number of urea groups is 1. The van der Waals surface area contributed by atoms with Crippen molar-refractivity contribution in [3.8, 4) is 0 Å². The van der Waals surface area contributed by atoms with Crippen molar-refractivity contribution in [1.29, 1.82) is 0 Å². The summed E-state index contributed by atoms with van der Waals surface area (Å²) in [4.78, 5) is 49.1. The monoisotopic (exact) mass is 526 g/mol. The highest BCUT2D eigenvalue weighted by Crippen LogP contribution is 2.30. The summed E-state index contributed by atoms with van der Waals surface area (Å²) in [5.41, 5.74) is 2.64. The maximum absolute atomic E-state index is 13.8. The number of carboxylic acid groups (broad SMARTS) is 1. The summed E-state index contributed by atoms with van der Waals surface area (Å²) >= 11 is 0. The van der Waals surface area contributed by atoms with Crippen molar-refractivity contribution in [3.63, 3.8) is 0 Å². The summed E-state index contributed by atoms with van der Waals surface area (Å²) in [6, 6.07) is 10.8. The van der Waals surface area contributed by atoms with Crippen LogP contribution in [0.1, 0.15) is 43.2 Å². The highest BCUT2D eigenvalue weighted by Gasteiger charge is 2.29. The van der Waals surface area contributed by atoms with Gasteiger partial charge in [0, 0.05) is 25.2 Å². The van der Waals surface area contributed by atoms with E-state index in [1.807, 2.05) is 12.1 Å². The topological polar surface area (TPSA) is 137 Å². The summed E-state index contributed by atoms with van der Waals surface area (Å²) < 4.78 is 19.5. The number of hydrogen-bond donors (Lipinski definition) is 4. The number of halogens is 1. The lowest BCUT2D eigenvalue weighted by molar-refractivity contribution is -0.138. The lowest BCUT2D eigenvalue weighted by Crippen LogP contribution is -2.39. The molecule has 1 aliphatic carbocycles. The van der Waals surface area contributed by atoms with Crippen LogP contribution in [-0.4, -0.2) is 53.2 Å². The Bertz CT molecular complexity index is 1200. The molecule has 4 N–H and O–H groups in total. The molecule has 38 heavy (non-hydrogen) atoms. The Hall–Kier alpha value is -4.15. The van der Waals surface area contributed by atoms with Gasteiger partial charge in [-0.15, -0.1) is 0 Å². The van der Waals surface area contributed by atoms with Crippen molar-refractivity contribution in [2.75, 3.05) is 23.7 Å². The molecule has 0 atom stereocenters. The Kier molecular flexibility index (Phi) is 8.77. The van der Waals surface area contributed by atoms with Crippen molar-refractivity contribution in [3.05, 3.63) is 59.4 Å². The third kappa shape index (κ3) is 7.44. The van der Waals surface area contributed by atoms with Crippen molar-refractivity contribution in [2.24, 2.45) is 5.92 Å². The zero-order valence-electron chi connectivity index (χ0n) is 20.9. The Balaban J connectivity index is 1.22. The molecule has 0 bridgehead atoms. The van der Waals surface area contributed by atoms with Crippen LogP contribution < -0.4 is 16.0 Å². The predicted octanol–water partition coefficient (Wildman–Crippen LogP) is 4.11. The third-order valence-electron chi connectivity index (χ3n) is 6.83. The van der Waals surface area contributed by atoms with Crippen LogP contribution >= 0.6 is 0 Å². The van der Waals surface area contributed by atoms with Crippen LogP contribution in [0.25, 0.3) is 0 Å². The summed E-state index contributed by atoms with van der Waals surface area (Å²) in [5, 5.41) is 16.2. The van der Waals surface area contributed by atoms with Crippen molar-refractivity contribution >= 4 is 35.4 Å². The average molecular weight is 527 g/mol. The molecular formula is C27H31FN4O6. The van der Waals surface area contributed by atoms with Gasteiger partial charge in [-0.25, -0.2) is 14.0 Å². The first-order chi connectivity index (χ1) is 18.3. The maximum Gasteiger partial charge on any atom is 0.410 e. The van der Waals surface area contributed by atoms with Gasteiger partial charge >= 0.3 is 18.1 Å². The predicted molar refractivity (Wildman–Crippen MR) is 137 cm³/mol. The minimum Gasteiger partial charge on any atom is -0.480 e. The number of amides is 4. The van der Waals surface area contributed by atoms with Crippen LogP contribution in [0.2, 0.25) is 0 Å². The van der Waals surface area contributed by atoms with E-state index < -0.39 is 17.8 Å². The van der Waals surface area contributed by atoms with Gasteiger partial charge in [0.15, 0.2) is 0 Å². The largest absolute Gasteiger partial charge is 0.480 e. The van der Waals surface area contributed by atoms with Crippen LogP contribution in [0.4, 0.5) is 25.4 Å². The van der Waals surface area contributed by atoms with Gasteiger partial charge in [0.25, 0.3) is 0 Å². The first-order valence-electron chi connectivity index (χ1n) is 12.6. The number of carbonyl (C=O) groups excluding carboxylic acids is 3. The second kappa shape index (κ2) is 12.4. The molecule has 4 amide bonds. The molecule has 202 valence electrons. The quantitative estimate of drug-likeness (QED) is 0.429. The number of carboxylic acids is 1. The van der Waals surface area contributed by atoms with Crippen LogP contribution in [0.3, 0.4) is 0 Å². The highest BCUT2D eigenvalue weighted by atomic mass is 19.1. The van der Waals surface area contributed by atoms with Gasteiger partial charge in [0.1, 0.15) is 18.5 Å². The number of nitrogens with one attached hydrogen (secondary N) is 3. The highest BCUT2D eigenvalue weighted by molar-refractivity contribution is 5.99. The number of aliphatic carboxylic acids is 1. The lowest BCUT2D eigenvalue weighted by Gasteiger charge is -2.32. The van der Waals surface area contributed by atoms with Gasteiger partial charge < -0.3 is 30.7 Å². The average Bonchev–Trinajstić information content (AvgIpc) is 2.89. The molecule has 1 fully saturated rings. The zero-order valence-corrected chi connectivity index (χ0v) is 20.9. The summed E-state index contributed by atoms with van der Waals surface area (Å²) in [5.74, 6) is -1.72. The van der Waals surface area contributed by atoms with Crippen LogP contribution in [0.5, 0.6) is 0 Å².